The standard InChI is InChI=1S/C9H10F3N/c1-2-3-13-8-5-6(10)4-7(11)9(8)12/h4-5,13H,2-3H2,1H3. The highest BCUT2D eigenvalue weighted by Crippen LogP contribution is 2.18. The fourth-order valence-corrected chi connectivity index (χ4v) is 0.944. The minimum Gasteiger partial charge on any atom is -0.383 e. The maximum atomic E-state index is 12.9. The fraction of sp³-hybridized carbons (Fsp3) is 0.333. The van der Waals surface area contributed by atoms with E-state index in [1.807, 2.05) is 6.92 Å². The zero-order valence-corrected chi connectivity index (χ0v) is 7.20. The first-order valence-electron chi connectivity index (χ1n) is 4.03. The Kier molecular flexibility index (Phi) is 3.17. The molecule has 0 unspecified atom stereocenters. The quantitative estimate of drug-likeness (QED) is 0.721. The van der Waals surface area contributed by atoms with Crippen LogP contribution in [-0.4, -0.2) is 6.54 Å². The van der Waals surface area contributed by atoms with E-state index in [9.17, 15) is 13.2 Å². The first-order valence-corrected chi connectivity index (χ1v) is 4.03. The number of anilines is 1. The van der Waals surface area contributed by atoms with Crippen LogP contribution in [0.4, 0.5) is 18.9 Å². The van der Waals surface area contributed by atoms with Crippen molar-refractivity contribution in [1.29, 1.82) is 0 Å². The average molecular weight is 189 g/mol. The highest BCUT2D eigenvalue weighted by Gasteiger charge is 2.09. The van der Waals surface area contributed by atoms with Gasteiger partial charge in [-0.15, -0.1) is 0 Å². The van der Waals surface area contributed by atoms with E-state index in [2.05, 4.69) is 5.32 Å². The first kappa shape index (κ1) is 9.89. The molecule has 0 atom stereocenters. The summed E-state index contributed by atoms with van der Waals surface area (Å²) in [5.41, 5.74) is -0.126. The van der Waals surface area contributed by atoms with Gasteiger partial charge in [0.05, 0.1) is 5.69 Å². The summed E-state index contributed by atoms with van der Waals surface area (Å²) in [5, 5.41) is 2.59. The van der Waals surface area contributed by atoms with Crippen LogP contribution in [0.25, 0.3) is 0 Å². The Morgan fingerprint density at radius 3 is 2.54 bits per heavy atom. The minimum atomic E-state index is -1.17. The van der Waals surface area contributed by atoms with Crippen molar-refractivity contribution in [1.82, 2.24) is 0 Å². The molecule has 0 aliphatic rings. The molecule has 0 fully saturated rings. The Morgan fingerprint density at radius 2 is 1.92 bits per heavy atom. The van der Waals surface area contributed by atoms with Crippen LogP contribution in [0.15, 0.2) is 12.1 Å². The van der Waals surface area contributed by atoms with E-state index in [4.69, 9.17) is 0 Å². The Bertz CT molecular complexity index is 299. The van der Waals surface area contributed by atoms with Crippen molar-refractivity contribution >= 4 is 5.69 Å². The highest BCUT2D eigenvalue weighted by atomic mass is 19.2. The van der Waals surface area contributed by atoms with Gasteiger partial charge in [0, 0.05) is 18.7 Å². The zero-order valence-electron chi connectivity index (χ0n) is 7.20. The monoisotopic (exact) mass is 189 g/mol. The fourth-order valence-electron chi connectivity index (χ4n) is 0.944. The SMILES string of the molecule is CCCNc1cc(F)cc(F)c1F. The van der Waals surface area contributed by atoms with Crippen molar-refractivity contribution in [3.63, 3.8) is 0 Å². The van der Waals surface area contributed by atoms with E-state index in [1.54, 1.807) is 0 Å². The Labute approximate surface area is 74.6 Å². The second-order valence-electron chi connectivity index (χ2n) is 2.68. The molecule has 1 aromatic rings. The number of hydrogen-bond acceptors (Lipinski definition) is 1. The van der Waals surface area contributed by atoms with Gasteiger partial charge in [-0.2, -0.15) is 0 Å². The molecule has 1 aromatic carbocycles. The van der Waals surface area contributed by atoms with Crippen molar-refractivity contribution in [3.05, 3.63) is 29.6 Å². The summed E-state index contributed by atoms with van der Waals surface area (Å²) in [6.45, 7) is 2.36. The summed E-state index contributed by atoms with van der Waals surface area (Å²) in [4.78, 5) is 0. The topological polar surface area (TPSA) is 12.0 Å². The summed E-state index contributed by atoms with van der Waals surface area (Å²) in [6, 6.07) is 1.46. The maximum Gasteiger partial charge on any atom is 0.182 e. The molecule has 4 heteroatoms. The first-order chi connectivity index (χ1) is 6.15. The van der Waals surface area contributed by atoms with Gasteiger partial charge in [0.15, 0.2) is 11.6 Å². The van der Waals surface area contributed by atoms with Gasteiger partial charge in [-0.3, -0.25) is 0 Å². The van der Waals surface area contributed by atoms with Crippen molar-refractivity contribution in [2.24, 2.45) is 0 Å². The number of benzene rings is 1. The van der Waals surface area contributed by atoms with Crippen LogP contribution in [0.2, 0.25) is 0 Å². The molecule has 0 aliphatic carbocycles. The van der Waals surface area contributed by atoms with Gasteiger partial charge in [0.1, 0.15) is 5.82 Å². The van der Waals surface area contributed by atoms with E-state index in [0.29, 0.717) is 12.6 Å². The van der Waals surface area contributed by atoms with Gasteiger partial charge < -0.3 is 5.32 Å². The molecule has 1 nitrogen and oxygen atoms in total. The molecule has 72 valence electrons. The second-order valence-corrected chi connectivity index (χ2v) is 2.68. The summed E-state index contributed by atoms with van der Waals surface area (Å²) >= 11 is 0. The van der Waals surface area contributed by atoms with Crippen LogP contribution in [0.1, 0.15) is 13.3 Å². The molecular formula is C9H10F3N. The van der Waals surface area contributed by atoms with Crippen LogP contribution in [0.5, 0.6) is 0 Å². The zero-order chi connectivity index (χ0) is 9.84. The van der Waals surface area contributed by atoms with Crippen molar-refractivity contribution in [2.75, 3.05) is 11.9 Å². The summed E-state index contributed by atoms with van der Waals surface area (Å²) in [6.07, 6.45) is 0.761. The smallest absolute Gasteiger partial charge is 0.182 e. The van der Waals surface area contributed by atoms with Crippen molar-refractivity contribution < 1.29 is 13.2 Å². The van der Waals surface area contributed by atoms with Gasteiger partial charge in [-0.05, 0) is 6.42 Å². The molecule has 13 heavy (non-hydrogen) atoms. The Hall–Kier alpha value is -1.19. The van der Waals surface area contributed by atoms with E-state index in [-0.39, 0.29) is 5.69 Å². The second kappa shape index (κ2) is 4.16. The van der Waals surface area contributed by atoms with Gasteiger partial charge in [0.2, 0.25) is 0 Å². The molecule has 0 aromatic heterocycles. The Morgan fingerprint density at radius 1 is 1.23 bits per heavy atom. The molecule has 0 spiro atoms. The largest absolute Gasteiger partial charge is 0.383 e. The number of halogens is 3. The molecule has 0 amide bonds. The summed E-state index contributed by atoms with van der Waals surface area (Å²) in [7, 11) is 0. The van der Waals surface area contributed by atoms with Crippen LogP contribution >= 0.6 is 0 Å². The molecule has 0 bridgehead atoms. The number of rotatable bonds is 3. The lowest BCUT2D eigenvalue weighted by Crippen LogP contribution is -2.03. The van der Waals surface area contributed by atoms with E-state index >= 15 is 0 Å². The van der Waals surface area contributed by atoms with Crippen LogP contribution < -0.4 is 5.32 Å². The molecule has 1 rings (SSSR count). The van der Waals surface area contributed by atoms with Crippen molar-refractivity contribution in [3.8, 4) is 0 Å². The third-order valence-electron chi connectivity index (χ3n) is 1.56. The summed E-state index contributed by atoms with van der Waals surface area (Å²) < 4.78 is 38.1. The third-order valence-corrected chi connectivity index (χ3v) is 1.56. The van der Waals surface area contributed by atoms with Gasteiger partial charge in [-0.25, -0.2) is 13.2 Å². The predicted octanol–water partition coefficient (Wildman–Crippen LogP) is 2.93. The van der Waals surface area contributed by atoms with E-state index in [0.717, 1.165) is 12.5 Å². The van der Waals surface area contributed by atoms with Gasteiger partial charge >= 0.3 is 0 Å². The molecule has 0 radical (unpaired) electrons. The van der Waals surface area contributed by atoms with Crippen LogP contribution in [0.3, 0.4) is 0 Å². The molecule has 0 aliphatic heterocycles. The molecule has 0 saturated heterocycles. The normalized spacial score (nSPS) is 10.2. The molecule has 0 heterocycles. The molecule has 1 N–H and O–H groups in total. The third kappa shape index (κ3) is 2.37. The van der Waals surface area contributed by atoms with Gasteiger partial charge in [0.25, 0.3) is 0 Å². The van der Waals surface area contributed by atoms with Crippen LogP contribution in [-0.2, 0) is 0 Å². The lowest BCUT2D eigenvalue weighted by molar-refractivity contribution is 0.497. The summed E-state index contributed by atoms with van der Waals surface area (Å²) in [5.74, 6) is -2.98. The number of hydrogen-bond donors (Lipinski definition) is 1. The molecule has 0 saturated carbocycles. The minimum absolute atomic E-state index is 0.126. The predicted molar refractivity (Wildman–Crippen MR) is 45.1 cm³/mol. The molecular weight excluding hydrogens is 179 g/mol. The maximum absolute atomic E-state index is 12.9. The number of nitrogens with one attached hydrogen (secondary N) is 1. The van der Waals surface area contributed by atoms with E-state index < -0.39 is 17.5 Å². The average Bonchev–Trinajstić information content (AvgIpc) is 2.09. The van der Waals surface area contributed by atoms with Crippen LogP contribution in [0, 0.1) is 17.5 Å². The Balaban J connectivity index is 2.92. The van der Waals surface area contributed by atoms with Gasteiger partial charge in [-0.1, -0.05) is 6.92 Å². The van der Waals surface area contributed by atoms with Crippen molar-refractivity contribution in [2.45, 2.75) is 13.3 Å². The highest BCUT2D eigenvalue weighted by molar-refractivity contribution is 5.45. The lowest BCUT2D eigenvalue weighted by atomic mass is 10.2. The van der Waals surface area contributed by atoms with E-state index in [1.165, 1.54) is 0 Å². The lowest BCUT2D eigenvalue weighted by Gasteiger charge is -2.06.